The molecule has 2 heterocycles. The van der Waals surface area contributed by atoms with E-state index in [1.807, 2.05) is 44.2 Å². The summed E-state index contributed by atoms with van der Waals surface area (Å²) in [7, 11) is 0. The molecule has 2 N–H and O–H groups in total. The molecule has 0 unspecified atom stereocenters. The number of anilines is 2. The topological polar surface area (TPSA) is 68.7 Å². The molecule has 1 saturated heterocycles. The number of thiocarbonyl (C=S) groups is 1. The van der Waals surface area contributed by atoms with Crippen molar-refractivity contribution in [3.63, 3.8) is 0 Å². The molecule has 7 nitrogen and oxygen atoms in total. The number of aryl methyl sites for hydroxylation is 2. The summed E-state index contributed by atoms with van der Waals surface area (Å²) >= 11 is 12.0. The van der Waals surface area contributed by atoms with E-state index < -0.39 is 0 Å². The van der Waals surface area contributed by atoms with Crippen molar-refractivity contribution in [3.8, 4) is 0 Å². The molecule has 3 aromatic carbocycles. The average molecular weight is 570 g/mol. The van der Waals surface area contributed by atoms with E-state index in [9.17, 15) is 0 Å². The van der Waals surface area contributed by atoms with Crippen LogP contribution in [0.25, 0.3) is 0 Å². The Morgan fingerprint density at radius 3 is 1.93 bits per heavy atom. The number of nitrogens with zero attached hydrogens (tertiary/aromatic N) is 5. The van der Waals surface area contributed by atoms with Crippen LogP contribution >= 0.6 is 23.8 Å². The summed E-state index contributed by atoms with van der Waals surface area (Å²) < 4.78 is 0. The van der Waals surface area contributed by atoms with Gasteiger partial charge in [0, 0.05) is 37.6 Å². The molecule has 0 saturated carbocycles. The minimum Gasteiger partial charge on any atom is -0.340 e. The molecule has 1 aromatic heterocycles. The van der Waals surface area contributed by atoms with Crippen molar-refractivity contribution in [2.24, 2.45) is 4.99 Å². The molecule has 40 heavy (non-hydrogen) atoms. The molecule has 0 amide bonds. The number of aromatic nitrogens is 2. The molecule has 204 valence electrons. The SMILES string of the molecule is Cc1cc(C)nc(N/C(=N/C(=S)Nc2ccccc2Cl)N2CCN(C(c3ccccc3)c3ccccc3)CC2)n1. The maximum atomic E-state index is 6.34. The minimum absolute atomic E-state index is 0.170. The van der Waals surface area contributed by atoms with Crippen molar-refractivity contribution in [2.45, 2.75) is 19.9 Å². The second-order valence-electron chi connectivity index (χ2n) is 9.69. The highest BCUT2D eigenvalue weighted by molar-refractivity contribution is 7.80. The van der Waals surface area contributed by atoms with Crippen molar-refractivity contribution >= 4 is 46.5 Å². The van der Waals surface area contributed by atoms with Gasteiger partial charge in [0.15, 0.2) is 0 Å². The molecule has 1 aliphatic rings. The van der Waals surface area contributed by atoms with Gasteiger partial charge in [0.2, 0.25) is 17.0 Å². The van der Waals surface area contributed by atoms with Gasteiger partial charge in [-0.05, 0) is 55.4 Å². The van der Waals surface area contributed by atoms with Gasteiger partial charge in [0.25, 0.3) is 0 Å². The van der Waals surface area contributed by atoms with Gasteiger partial charge in [-0.15, -0.1) is 0 Å². The molecule has 0 bridgehead atoms. The number of hydrogen-bond acceptors (Lipinski definition) is 4. The summed E-state index contributed by atoms with van der Waals surface area (Å²) in [4.78, 5) is 18.6. The average Bonchev–Trinajstić information content (AvgIpc) is 2.95. The number of hydrogen-bond donors (Lipinski definition) is 2. The predicted octanol–water partition coefficient (Wildman–Crippen LogP) is 6.32. The van der Waals surface area contributed by atoms with Crippen LogP contribution < -0.4 is 10.6 Å². The van der Waals surface area contributed by atoms with Gasteiger partial charge < -0.3 is 10.2 Å². The summed E-state index contributed by atoms with van der Waals surface area (Å²) in [5.74, 6) is 1.09. The van der Waals surface area contributed by atoms with E-state index >= 15 is 0 Å². The van der Waals surface area contributed by atoms with E-state index in [1.54, 1.807) is 0 Å². The maximum Gasteiger partial charge on any atom is 0.229 e. The largest absolute Gasteiger partial charge is 0.340 e. The molecule has 1 aliphatic heterocycles. The van der Waals surface area contributed by atoms with E-state index in [2.05, 4.69) is 91.1 Å². The third-order valence-electron chi connectivity index (χ3n) is 6.74. The molecule has 5 rings (SSSR count). The van der Waals surface area contributed by atoms with Gasteiger partial charge in [-0.25, -0.2) is 9.97 Å². The van der Waals surface area contributed by atoms with Crippen LogP contribution in [0, 0.1) is 13.8 Å². The molecule has 4 aromatic rings. The molecule has 9 heteroatoms. The summed E-state index contributed by atoms with van der Waals surface area (Å²) in [6.45, 7) is 7.09. The maximum absolute atomic E-state index is 6.34. The zero-order valence-corrected chi connectivity index (χ0v) is 24.2. The third kappa shape index (κ3) is 7.01. The molecule has 0 radical (unpaired) electrons. The van der Waals surface area contributed by atoms with Crippen molar-refractivity contribution in [1.82, 2.24) is 19.8 Å². The van der Waals surface area contributed by atoms with Gasteiger partial charge in [-0.2, -0.15) is 4.99 Å². The van der Waals surface area contributed by atoms with Crippen molar-refractivity contribution in [3.05, 3.63) is 119 Å². The van der Waals surface area contributed by atoms with Crippen LogP contribution in [0.1, 0.15) is 28.6 Å². The first kappa shape index (κ1) is 27.7. The highest BCUT2D eigenvalue weighted by Crippen LogP contribution is 2.29. The Hall–Kier alpha value is -3.85. The number of piperazine rings is 1. The fourth-order valence-corrected chi connectivity index (χ4v) is 5.32. The molecule has 0 aliphatic carbocycles. The van der Waals surface area contributed by atoms with Gasteiger partial charge >= 0.3 is 0 Å². The quantitative estimate of drug-likeness (QED) is 0.166. The summed E-state index contributed by atoms with van der Waals surface area (Å²) in [6.07, 6.45) is 0. The smallest absolute Gasteiger partial charge is 0.229 e. The number of aliphatic imine (C=N–C) groups is 1. The Balaban J connectivity index is 1.38. The standard InChI is InChI=1S/C31H32ClN7S/c1-22-21-23(2)34-29(33-22)36-30(37-31(40)35-27-16-10-9-15-26(27)32)39-19-17-38(18-20-39)28(24-11-5-3-6-12-24)25-13-7-4-8-14-25/h3-16,21,28H,17-20H2,1-2H3,(H2,33,34,35,36,37,40). The van der Waals surface area contributed by atoms with Gasteiger partial charge in [0.1, 0.15) is 0 Å². The number of benzene rings is 3. The molecule has 0 spiro atoms. The monoisotopic (exact) mass is 569 g/mol. The Kier molecular flexibility index (Phi) is 9.01. The van der Waals surface area contributed by atoms with Gasteiger partial charge in [0.05, 0.1) is 16.8 Å². The highest BCUT2D eigenvalue weighted by atomic mass is 35.5. The molecular weight excluding hydrogens is 538 g/mol. The molecule has 0 atom stereocenters. The summed E-state index contributed by atoms with van der Waals surface area (Å²) in [5, 5.41) is 7.37. The summed E-state index contributed by atoms with van der Waals surface area (Å²) in [6, 6.07) is 30.9. The Bertz CT molecular complexity index is 1410. The Morgan fingerprint density at radius 1 is 0.800 bits per heavy atom. The lowest BCUT2D eigenvalue weighted by Gasteiger charge is -2.40. The van der Waals surface area contributed by atoms with Crippen molar-refractivity contribution in [2.75, 3.05) is 36.8 Å². The first-order valence-corrected chi connectivity index (χ1v) is 14.1. The molecule has 1 fully saturated rings. The van der Waals surface area contributed by atoms with E-state index in [4.69, 9.17) is 28.8 Å². The third-order valence-corrected chi connectivity index (χ3v) is 7.26. The Morgan fingerprint density at radius 2 is 1.35 bits per heavy atom. The summed E-state index contributed by atoms with van der Waals surface area (Å²) in [5.41, 5.74) is 5.03. The number of rotatable bonds is 5. The van der Waals surface area contributed by atoms with E-state index in [0.29, 0.717) is 27.7 Å². The van der Waals surface area contributed by atoms with Crippen molar-refractivity contribution < 1.29 is 0 Å². The number of halogens is 1. The second-order valence-corrected chi connectivity index (χ2v) is 10.5. The van der Waals surface area contributed by atoms with Gasteiger partial charge in [-0.3, -0.25) is 10.2 Å². The van der Waals surface area contributed by atoms with Crippen molar-refractivity contribution in [1.29, 1.82) is 0 Å². The van der Waals surface area contributed by atoms with E-state index in [-0.39, 0.29) is 6.04 Å². The first-order valence-electron chi connectivity index (χ1n) is 13.3. The highest BCUT2D eigenvalue weighted by Gasteiger charge is 2.28. The molecular formula is C31H32ClN7S. The van der Waals surface area contributed by atoms with Crippen LogP contribution in [0.4, 0.5) is 11.6 Å². The fraction of sp³-hybridized carbons (Fsp3) is 0.226. The first-order chi connectivity index (χ1) is 19.5. The lowest BCUT2D eigenvalue weighted by Crippen LogP contribution is -2.52. The van der Waals surface area contributed by atoms with E-state index in [0.717, 1.165) is 37.6 Å². The van der Waals surface area contributed by atoms with Crippen LogP contribution in [-0.2, 0) is 0 Å². The van der Waals surface area contributed by atoms with E-state index in [1.165, 1.54) is 11.1 Å². The number of guanidine groups is 1. The predicted molar refractivity (Wildman–Crippen MR) is 168 cm³/mol. The van der Waals surface area contributed by atoms with Crippen LogP contribution in [0.3, 0.4) is 0 Å². The Labute approximate surface area is 245 Å². The normalized spacial score (nSPS) is 14.3. The lowest BCUT2D eigenvalue weighted by atomic mass is 9.96. The zero-order chi connectivity index (χ0) is 27.9. The number of para-hydroxylation sites is 1. The minimum atomic E-state index is 0.170. The number of nitrogens with one attached hydrogen (secondary N) is 2. The van der Waals surface area contributed by atoms with Crippen LogP contribution in [-0.4, -0.2) is 57.0 Å². The van der Waals surface area contributed by atoms with Crippen LogP contribution in [0.5, 0.6) is 0 Å². The second kappa shape index (κ2) is 13.0. The van der Waals surface area contributed by atoms with Gasteiger partial charge in [-0.1, -0.05) is 84.4 Å². The van der Waals surface area contributed by atoms with Crippen LogP contribution in [0.15, 0.2) is 96.0 Å². The lowest BCUT2D eigenvalue weighted by molar-refractivity contribution is 0.150. The zero-order valence-electron chi connectivity index (χ0n) is 22.6. The van der Waals surface area contributed by atoms with Crippen LogP contribution in [0.2, 0.25) is 5.02 Å². The fourth-order valence-electron chi connectivity index (χ4n) is 4.94.